The molecule has 0 spiro atoms. The lowest BCUT2D eigenvalue weighted by atomic mass is 10.1. The molecule has 1 aliphatic heterocycles. The Morgan fingerprint density at radius 3 is 2.03 bits per heavy atom. The fraction of sp³-hybridized carbons (Fsp3) is 0.613. The Morgan fingerprint density at radius 2 is 1.41 bits per heavy atom. The molecule has 0 bridgehead atoms. The molecule has 8 nitrogen and oxygen atoms in total. The van der Waals surface area contributed by atoms with Crippen molar-refractivity contribution in [2.75, 3.05) is 19.6 Å². The summed E-state index contributed by atoms with van der Waals surface area (Å²) >= 11 is 0. The number of hydrogen-bond donors (Lipinski definition) is 1. The van der Waals surface area contributed by atoms with E-state index in [1.54, 1.807) is 45.0 Å². The first-order valence-corrected chi connectivity index (χ1v) is 14.5. The first-order chi connectivity index (χ1) is 18.6. The van der Waals surface area contributed by atoms with Gasteiger partial charge >= 0.3 is 5.97 Å². The van der Waals surface area contributed by atoms with Crippen LogP contribution < -0.4 is 5.32 Å². The summed E-state index contributed by atoms with van der Waals surface area (Å²) in [6.45, 7) is 10.7. The van der Waals surface area contributed by atoms with Crippen LogP contribution >= 0.6 is 0 Å². The number of amides is 3. The van der Waals surface area contributed by atoms with E-state index in [9.17, 15) is 19.2 Å². The van der Waals surface area contributed by atoms with Crippen LogP contribution in [0.4, 0.5) is 0 Å². The van der Waals surface area contributed by atoms with Gasteiger partial charge in [-0.2, -0.15) is 0 Å². The zero-order valence-electron chi connectivity index (χ0n) is 24.5. The first kappa shape index (κ1) is 32.1. The second-order valence-electron chi connectivity index (χ2n) is 11.1. The molecule has 8 heteroatoms. The van der Waals surface area contributed by atoms with Gasteiger partial charge in [0, 0.05) is 37.8 Å². The molecule has 1 aliphatic rings. The Bertz CT molecular complexity index is 994. The monoisotopic (exact) mass is 541 g/mol. The van der Waals surface area contributed by atoms with E-state index in [4.69, 9.17) is 4.74 Å². The third-order valence-electron chi connectivity index (χ3n) is 6.50. The average molecular weight is 542 g/mol. The fourth-order valence-corrected chi connectivity index (χ4v) is 4.32. The summed E-state index contributed by atoms with van der Waals surface area (Å²) in [6, 6.07) is 6.29. The quantitative estimate of drug-likeness (QED) is 0.236. The molecule has 3 amide bonds. The van der Waals surface area contributed by atoms with Gasteiger partial charge in [-0.1, -0.05) is 58.8 Å². The molecule has 0 radical (unpaired) electrons. The maximum absolute atomic E-state index is 13.3. The largest absolute Gasteiger partial charge is 0.456 e. The Hall–Kier alpha value is -3.16. The lowest BCUT2D eigenvalue weighted by Gasteiger charge is -2.33. The fourth-order valence-electron chi connectivity index (χ4n) is 4.32. The minimum atomic E-state index is -0.615. The number of nitrogens with zero attached hydrogens (tertiary/aromatic N) is 2. The smallest absolute Gasteiger partial charge is 0.338 e. The van der Waals surface area contributed by atoms with Gasteiger partial charge in [0.2, 0.25) is 5.91 Å². The van der Waals surface area contributed by atoms with Crippen molar-refractivity contribution in [2.24, 2.45) is 0 Å². The molecule has 1 aromatic carbocycles. The minimum absolute atomic E-state index is 0.0901. The van der Waals surface area contributed by atoms with Gasteiger partial charge in [-0.15, -0.1) is 0 Å². The zero-order valence-corrected chi connectivity index (χ0v) is 24.5. The zero-order chi connectivity index (χ0) is 28.8. The third kappa shape index (κ3) is 10.9. The van der Waals surface area contributed by atoms with Gasteiger partial charge < -0.3 is 19.9 Å². The summed E-state index contributed by atoms with van der Waals surface area (Å²) in [6.07, 6.45) is 11.1. The highest BCUT2D eigenvalue weighted by Crippen LogP contribution is 2.20. The highest BCUT2D eigenvalue weighted by molar-refractivity contribution is 6.00. The van der Waals surface area contributed by atoms with Crippen molar-refractivity contribution >= 4 is 23.7 Å². The highest BCUT2D eigenvalue weighted by Gasteiger charge is 2.30. The standard InChI is InChI=1S/C31H47N3O5/c1-6-8-10-12-13-15-27(35)34-22-21-33(23-26(34)28(36)32-20-14-11-9-7-2)29(37)24-16-18-25(19-17-24)30(38)39-31(3,4)5/h16-19,23H,6-15,20-22H2,1-5H3,(H,32,36). The van der Waals surface area contributed by atoms with E-state index in [0.717, 1.165) is 57.8 Å². The van der Waals surface area contributed by atoms with Crippen molar-refractivity contribution in [3.8, 4) is 0 Å². The SMILES string of the molecule is CCCCCCCC(=O)N1CCN(C(=O)c2ccc(C(=O)OC(C)(C)C)cc2)C=C1C(=O)NCCCCCC. The number of carbonyl (C=O) groups is 4. The van der Waals surface area contributed by atoms with Crippen LogP contribution in [0.2, 0.25) is 0 Å². The van der Waals surface area contributed by atoms with Gasteiger partial charge in [0.1, 0.15) is 11.3 Å². The van der Waals surface area contributed by atoms with Crippen molar-refractivity contribution in [3.05, 3.63) is 47.3 Å². The predicted molar refractivity (Wildman–Crippen MR) is 153 cm³/mol. The third-order valence-corrected chi connectivity index (χ3v) is 6.50. The maximum atomic E-state index is 13.3. The van der Waals surface area contributed by atoms with E-state index >= 15 is 0 Å². The molecular formula is C31H47N3O5. The van der Waals surface area contributed by atoms with E-state index < -0.39 is 11.6 Å². The van der Waals surface area contributed by atoms with E-state index in [-0.39, 0.29) is 36.5 Å². The summed E-state index contributed by atoms with van der Waals surface area (Å²) in [5.74, 6) is -1.19. The topological polar surface area (TPSA) is 96.0 Å². The van der Waals surface area contributed by atoms with E-state index in [2.05, 4.69) is 19.2 Å². The van der Waals surface area contributed by atoms with Crippen LogP contribution in [0.3, 0.4) is 0 Å². The van der Waals surface area contributed by atoms with Crippen LogP contribution in [0.5, 0.6) is 0 Å². The normalized spacial score (nSPS) is 13.6. The highest BCUT2D eigenvalue weighted by atomic mass is 16.6. The Labute approximate surface area is 234 Å². The second-order valence-corrected chi connectivity index (χ2v) is 11.1. The molecule has 216 valence electrons. The van der Waals surface area contributed by atoms with Crippen LogP contribution in [0, 0.1) is 0 Å². The molecular weight excluding hydrogens is 494 g/mol. The van der Waals surface area contributed by atoms with Crippen LogP contribution in [0.15, 0.2) is 36.2 Å². The number of carbonyl (C=O) groups excluding carboxylic acids is 4. The summed E-state index contributed by atoms with van der Waals surface area (Å²) in [4.78, 5) is 54.8. The lowest BCUT2D eigenvalue weighted by Crippen LogP contribution is -2.48. The van der Waals surface area contributed by atoms with E-state index in [0.29, 0.717) is 24.1 Å². The number of hydrogen-bond acceptors (Lipinski definition) is 5. The van der Waals surface area contributed by atoms with Crippen molar-refractivity contribution in [1.29, 1.82) is 0 Å². The first-order valence-electron chi connectivity index (χ1n) is 14.5. The summed E-state index contributed by atoms with van der Waals surface area (Å²) in [7, 11) is 0. The molecule has 2 rings (SSSR count). The average Bonchev–Trinajstić information content (AvgIpc) is 2.91. The van der Waals surface area contributed by atoms with Crippen molar-refractivity contribution in [3.63, 3.8) is 0 Å². The van der Waals surface area contributed by atoms with Crippen LogP contribution in [0.1, 0.15) is 120 Å². The molecule has 0 saturated carbocycles. The summed E-state index contributed by atoms with van der Waals surface area (Å²) < 4.78 is 5.39. The van der Waals surface area contributed by atoms with Gasteiger partial charge in [-0.25, -0.2) is 4.79 Å². The molecule has 0 aliphatic carbocycles. The Kier molecular flexibility index (Phi) is 13.2. The molecule has 0 saturated heterocycles. The van der Waals surface area contributed by atoms with Crippen LogP contribution in [-0.4, -0.2) is 58.7 Å². The number of ether oxygens (including phenoxy) is 1. The van der Waals surface area contributed by atoms with Gasteiger partial charge in [-0.05, 0) is 57.9 Å². The number of unbranched alkanes of at least 4 members (excludes halogenated alkanes) is 7. The molecule has 0 fully saturated rings. The van der Waals surface area contributed by atoms with Crippen LogP contribution in [0.25, 0.3) is 0 Å². The van der Waals surface area contributed by atoms with Gasteiger partial charge in [0.25, 0.3) is 11.8 Å². The molecule has 39 heavy (non-hydrogen) atoms. The Morgan fingerprint density at radius 1 is 0.821 bits per heavy atom. The van der Waals surface area contributed by atoms with Crippen molar-refractivity contribution < 1.29 is 23.9 Å². The summed E-state index contributed by atoms with van der Waals surface area (Å²) in [5.41, 5.74) is 0.327. The van der Waals surface area contributed by atoms with Gasteiger partial charge in [0.05, 0.1) is 5.56 Å². The summed E-state index contributed by atoms with van der Waals surface area (Å²) in [5, 5.41) is 2.93. The Balaban J connectivity index is 2.15. The number of rotatable bonds is 14. The van der Waals surface area contributed by atoms with Gasteiger partial charge in [-0.3, -0.25) is 14.4 Å². The minimum Gasteiger partial charge on any atom is -0.456 e. The molecule has 0 unspecified atom stereocenters. The van der Waals surface area contributed by atoms with Crippen molar-refractivity contribution in [1.82, 2.24) is 15.1 Å². The predicted octanol–water partition coefficient (Wildman–Crippen LogP) is 5.82. The molecule has 0 atom stereocenters. The number of nitrogens with one attached hydrogen (secondary N) is 1. The van der Waals surface area contributed by atoms with E-state index in [1.165, 1.54) is 16.0 Å². The maximum Gasteiger partial charge on any atom is 0.338 e. The van der Waals surface area contributed by atoms with Gasteiger partial charge in [0.15, 0.2) is 0 Å². The lowest BCUT2D eigenvalue weighted by molar-refractivity contribution is -0.133. The van der Waals surface area contributed by atoms with Crippen LogP contribution in [-0.2, 0) is 14.3 Å². The molecule has 1 heterocycles. The molecule has 1 aromatic rings. The second kappa shape index (κ2) is 16.1. The number of benzene rings is 1. The molecule has 0 aromatic heterocycles. The number of esters is 1. The molecule has 1 N–H and O–H groups in total. The van der Waals surface area contributed by atoms with E-state index in [1.807, 2.05) is 0 Å². The van der Waals surface area contributed by atoms with Crippen molar-refractivity contribution in [2.45, 2.75) is 104 Å².